The van der Waals surface area contributed by atoms with E-state index < -0.39 is 6.09 Å². The number of likely N-dealkylation sites (N-methyl/N-ethyl adjacent to an activating group) is 1. The minimum atomic E-state index is -0.700. The molecule has 0 spiro atoms. The van der Waals surface area contributed by atoms with Gasteiger partial charge in [-0.05, 0) is 25.1 Å². The summed E-state index contributed by atoms with van der Waals surface area (Å²) in [5.41, 5.74) is 1.10. The topological polar surface area (TPSA) is 58.6 Å². The number of hydrogen-bond donors (Lipinski definition) is 1. The van der Waals surface area contributed by atoms with Gasteiger partial charge >= 0.3 is 6.09 Å². The van der Waals surface area contributed by atoms with E-state index in [-0.39, 0.29) is 19.1 Å². The van der Waals surface area contributed by atoms with Gasteiger partial charge < -0.3 is 4.74 Å². The zero-order valence-corrected chi connectivity index (χ0v) is 13.3. The first-order chi connectivity index (χ1) is 9.56. The summed E-state index contributed by atoms with van der Waals surface area (Å²) in [5.74, 6) is -0.364. The highest BCUT2D eigenvalue weighted by Gasteiger charge is 2.13. The zero-order valence-electron chi connectivity index (χ0n) is 11.7. The lowest BCUT2D eigenvalue weighted by atomic mass is 10.2. The van der Waals surface area contributed by atoms with E-state index in [2.05, 4.69) is 26.0 Å². The molecule has 0 saturated heterocycles. The van der Waals surface area contributed by atoms with Gasteiger partial charge in [-0.25, -0.2) is 4.79 Å². The molecule has 0 aromatic heterocycles. The van der Waals surface area contributed by atoms with Crippen LogP contribution in [0.25, 0.3) is 0 Å². The van der Waals surface area contributed by atoms with Crippen molar-refractivity contribution < 1.29 is 14.3 Å². The maximum Gasteiger partial charge on any atom is 0.413 e. The van der Waals surface area contributed by atoms with Crippen LogP contribution in [-0.4, -0.2) is 36.6 Å². The van der Waals surface area contributed by atoms with Crippen molar-refractivity contribution in [3.8, 4) is 0 Å². The highest BCUT2D eigenvalue weighted by atomic mass is 79.9. The molecule has 0 atom stereocenters. The Balaban J connectivity index is 2.53. The van der Waals surface area contributed by atoms with Crippen molar-refractivity contribution >= 4 is 27.9 Å². The molecular weight excluding hydrogens is 324 g/mol. The van der Waals surface area contributed by atoms with Crippen LogP contribution in [0.4, 0.5) is 4.79 Å². The second-order valence-electron chi connectivity index (χ2n) is 4.16. The lowest BCUT2D eigenvalue weighted by Gasteiger charge is -2.20. The molecule has 5 nitrogen and oxygen atoms in total. The van der Waals surface area contributed by atoms with Gasteiger partial charge in [0.15, 0.2) is 0 Å². The van der Waals surface area contributed by atoms with Crippen molar-refractivity contribution in [1.29, 1.82) is 0 Å². The van der Waals surface area contributed by atoms with Crippen LogP contribution in [0, 0.1) is 0 Å². The molecule has 1 aromatic carbocycles. The third kappa shape index (κ3) is 5.71. The van der Waals surface area contributed by atoms with E-state index in [0.29, 0.717) is 13.1 Å². The molecule has 0 aliphatic carbocycles. The number of imide groups is 1. The predicted molar refractivity (Wildman–Crippen MR) is 80.3 cm³/mol. The second-order valence-corrected chi connectivity index (χ2v) is 5.02. The summed E-state index contributed by atoms with van der Waals surface area (Å²) in [6, 6.07) is 7.85. The molecule has 1 aromatic rings. The summed E-state index contributed by atoms with van der Waals surface area (Å²) in [4.78, 5) is 24.8. The van der Waals surface area contributed by atoms with E-state index in [0.717, 1.165) is 10.0 Å². The highest BCUT2D eigenvalue weighted by molar-refractivity contribution is 9.10. The van der Waals surface area contributed by atoms with Crippen molar-refractivity contribution in [2.24, 2.45) is 0 Å². The number of ether oxygens (including phenoxy) is 1. The molecule has 0 heterocycles. The van der Waals surface area contributed by atoms with Crippen LogP contribution in [0.2, 0.25) is 0 Å². The lowest BCUT2D eigenvalue weighted by molar-refractivity contribution is -0.121. The van der Waals surface area contributed by atoms with E-state index in [1.54, 1.807) is 6.92 Å². The Bertz CT molecular complexity index is 465. The molecule has 6 heteroatoms. The number of carbonyl (C=O) groups excluding carboxylic acids is 2. The van der Waals surface area contributed by atoms with Crippen LogP contribution >= 0.6 is 15.9 Å². The molecule has 0 radical (unpaired) electrons. The lowest BCUT2D eigenvalue weighted by Crippen LogP contribution is -2.40. The Morgan fingerprint density at radius 2 is 2.00 bits per heavy atom. The molecule has 0 aliphatic rings. The monoisotopic (exact) mass is 342 g/mol. The Hall–Kier alpha value is -1.40. The van der Waals surface area contributed by atoms with Gasteiger partial charge in [-0.15, -0.1) is 0 Å². The number of hydrogen-bond acceptors (Lipinski definition) is 4. The third-order valence-corrected chi connectivity index (χ3v) is 3.46. The molecule has 0 bridgehead atoms. The average Bonchev–Trinajstić information content (AvgIpc) is 2.40. The second kappa shape index (κ2) is 8.71. The van der Waals surface area contributed by atoms with E-state index in [4.69, 9.17) is 0 Å². The van der Waals surface area contributed by atoms with Crippen LogP contribution in [-0.2, 0) is 16.1 Å². The first kappa shape index (κ1) is 16.7. The van der Waals surface area contributed by atoms with Gasteiger partial charge in [0, 0.05) is 11.0 Å². The Labute approximate surface area is 127 Å². The normalized spacial score (nSPS) is 10.4. The highest BCUT2D eigenvalue weighted by Crippen LogP contribution is 2.17. The molecule has 0 saturated carbocycles. The molecular formula is C14H19BrN2O3. The van der Waals surface area contributed by atoms with E-state index in [1.165, 1.54) is 0 Å². The maximum atomic E-state index is 11.7. The summed E-state index contributed by atoms with van der Waals surface area (Å²) in [5, 5.41) is 2.19. The summed E-state index contributed by atoms with van der Waals surface area (Å²) in [6.45, 7) is 5.39. The standard InChI is InChI=1S/C14H19BrN2O3/c1-3-17(9-11-7-5-6-8-12(11)15)10-13(18)16-14(19)20-4-2/h5-8H,3-4,9-10H2,1-2H3,(H,16,18,19). The van der Waals surface area contributed by atoms with Crippen LogP contribution < -0.4 is 5.32 Å². The van der Waals surface area contributed by atoms with E-state index in [1.807, 2.05) is 36.1 Å². The molecule has 20 heavy (non-hydrogen) atoms. The van der Waals surface area contributed by atoms with Crippen molar-refractivity contribution in [1.82, 2.24) is 10.2 Å². The molecule has 0 aliphatic heterocycles. The minimum Gasteiger partial charge on any atom is -0.450 e. The fourth-order valence-corrected chi connectivity index (χ4v) is 2.08. The summed E-state index contributed by atoms with van der Waals surface area (Å²) in [6.07, 6.45) is -0.700. The Morgan fingerprint density at radius 3 is 2.60 bits per heavy atom. The van der Waals surface area contributed by atoms with Crippen LogP contribution in [0.3, 0.4) is 0 Å². The van der Waals surface area contributed by atoms with Gasteiger partial charge in [-0.2, -0.15) is 0 Å². The van der Waals surface area contributed by atoms with Gasteiger partial charge in [0.25, 0.3) is 0 Å². The Kier molecular flexibility index (Phi) is 7.25. The quantitative estimate of drug-likeness (QED) is 0.862. The van der Waals surface area contributed by atoms with E-state index >= 15 is 0 Å². The predicted octanol–water partition coefficient (Wildman–Crippen LogP) is 2.54. The van der Waals surface area contributed by atoms with E-state index in [9.17, 15) is 9.59 Å². The Morgan fingerprint density at radius 1 is 1.30 bits per heavy atom. The van der Waals surface area contributed by atoms with Gasteiger partial charge in [0.05, 0.1) is 13.2 Å². The summed E-state index contributed by atoms with van der Waals surface area (Å²) < 4.78 is 5.67. The summed E-state index contributed by atoms with van der Waals surface area (Å²) in [7, 11) is 0. The molecule has 110 valence electrons. The fourth-order valence-electron chi connectivity index (χ4n) is 1.67. The van der Waals surface area contributed by atoms with Crippen LogP contribution in [0.1, 0.15) is 19.4 Å². The third-order valence-electron chi connectivity index (χ3n) is 2.68. The largest absolute Gasteiger partial charge is 0.450 e. The average molecular weight is 343 g/mol. The van der Waals surface area contributed by atoms with Gasteiger partial charge in [-0.1, -0.05) is 41.1 Å². The molecule has 1 N–H and O–H groups in total. The zero-order chi connectivity index (χ0) is 15.0. The van der Waals surface area contributed by atoms with Crippen LogP contribution in [0.5, 0.6) is 0 Å². The first-order valence-electron chi connectivity index (χ1n) is 6.49. The number of nitrogens with one attached hydrogen (secondary N) is 1. The number of benzene rings is 1. The van der Waals surface area contributed by atoms with Crippen molar-refractivity contribution in [2.75, 3.05) is 19.7 Å². The molecule has 1 rings (SSSR count). The first-order valence-corrected chi connectivity index (χ1v) is 7.28. The smallest absolute Gasteiger partial charge is 0.413 e. The SMILES string of the molecule is CCOC(=O)NC(=O)CN(CC)Cc1ccccc1Br. The maximum absolute atomic E-state index is 11.7. The van der Waals surface area contributed by atoms with Crippen molar-refractivity contribution in [3.63, 3.8) is 0 Å². The number of rotatable bonds is 6. The molecule has 0 fully saturated rings. The van der Waals surface area contributed by atoms with Crippen molar-refractivity contribution in [2.45, 2.75) is 20.4 Å². The van der Waals surface area contributed by atoms with Gasteiger partial charge in [-0.3, -0.25) is 15.0 Å². The van der Waals surface area contributed by atoms with Gasteiger partial charge in [0.2, 0.25) is 5.91 Å². The van der Waals surface area contributed by atoms with Gasteiger partial charge in [0.1, 0.15) is 0 Å². The molecule has 0 unspecified atom stereocenters. The number of nitrogens with zero attached hydrogens (tertiary/aromatic N) is 1. The number of carbonyl (C=O) groups is 2. The summed E-state index contributed by atoms with van der Waals surface area (Å²) >= 11 is 3.48. The fraction of sp³-hybridized carbons (Fsp3) is 0.429. The van der Waals surface area contributed by atoms with Crippen LogP contribution in [0.15, 0.2) is 28.7 Å². The number of amides is 2. The van der Waals surface area contributed by atoms with Crippen molar-refractivity contribution in [3.05, 3.63) is 34.3 Å². The number of halogens is 1. The number of alkyl carbamates (subject to hydrolysis) is 1. The minimum absolute atomic E-state index is 0.149. The molecule has 2 amide bonds.